The molecule has 0 spiro atoms. The van der Waals surface area contributed by atoms with Gasteiger partial charge in [-0.3, -0.25) is 4.68 Å². The first-order valence-corrected chi connectivity index (χ1v) is 9.33. The Morgan fingerprint density at radius 3 is 2.27 bits per heavy atom. The lowest BCUT2D eigenvalue weighted by atomic mass is 9.87. The molecule has 0 unspecified atom stereocenters. The van der Waals surface area contributed by atoms with Crippen LogP contribution in [0, 0.1) is 13.8 Å². The van der Waals surface area contributed by atoms with Crippen molar-refractivity contribution in [3.8, 4) is 0 Å². The van der Waals surface area contributed by atoms with Gasteiger partial charge in [-0.1, -0.05) is 45.0 Å². The fourth-order valence-electron chi connectivity index (χ4n) is 2.87. The van der Waals surface area contributed by atoms with E-state index in [9.17, 15) is 0 Å². The normalized spacial score (nSPS) is 12.3. The molecule has 0 bridgehead atoms. The number of nitrogens with zero attached hydrogens (tertiary/aromatic N) is 3. The summed E-state index contributed by atoms with van der Waals surface area (Å²) in [5, 5.41) is 11.2. The van der Waals surface area contributed by atoms with E-state index in [4.69, 9.17) is 4.99 Å². The molecule has 5 nitrogen and oxygen atoms in total. The van der Waals surface area contributed by atoms with E-state index >= 15 is 0 Å². The van der Waals surface area contributed by atoms with E-state index in [1.165, 1.54) is 22.4 Å². The Morgan fingerprint density at radius 2 is 1.77 bits per heavy atom. The predicted molar refractivity (Wildman–Crippen MR) is 109 cm³/mol. The summed E-state index contributed by atoms with van der Waals surface area (Å²) in [6.07, 6.45) is 0. The summed E-state index contributed by atoms with van der Waals surface area (Å²) >= 11 is 0. The van der Waals surface area contributed by atoms with Crippen LogP contribution in [-0.2, 0) is 25.6 Å². The number of aliphatic imine (C=N–C) groups is 1. The molecular weight excluding hydrogens is 322 g/mol. The highest BCUT2D eigenvalue weighted by atomic mass is 15.3. The molecule has 2 rings (SSSR count). The highest BCUT2D eigenvalue weighted by Crippen LogP contribution is 2.22. The van der Waals surface area contributed by atoms with Crippen LogP contribution in [-0.4, -0.2) is 22.3 Å². The van der Waals surface area contributed by atoms with Crippen LogP contribution >= 0.6 is 0 Å². The van der Waals surface area contributed by atoms with Crippen LogP contribution in [0.2, 0.25) is 0 Å². The van der Waals surface area contributed by atoms with E-state index in [0.29, 0.717) is 6.54 Å². The molecular formula is C21H33N5. The van der Waals surface area contributed by atoms with Crippen molar-refractivity contribution >= 4 is 5.96 Å². The van der Waals surface area contributed by atoms with Gasteiger partial charge >= 0.3 is 0 Å². The van der Waals surface area contributed by atoms with Gasteiger partial charge in [-0.2, -0.15) is 5.10 Å². The van der Waals surface area contributed by atoms with Gasteiger partial charge in [-0.15, -0.1) is 0 Å². The highest BCUT2D eigenvalue weighted by molar-refractivity contribution is 5.79. The average molecular weight is 356 g/mol. The molecule has 1 aromatic heterocycles. The SMILES string of the molecule is CCNC(=NCc1ccc(C(C)(C)C)cc1)NCc1c(C)nn(C)c1C. The van der Waals surface area contributed by atoms with Crippen LogP contribution in [0.25, 0.3) is 0 Å². The molecule has 2 N–H and O–H groups in total. The minimum Gasteiger partial charge on any atom is -0.357 e. The van der Waals surface area contributed by atoms with E-state index in [1.807, 2.05) is 18.7 Å². The zero-order valence-electron chi connectivity index (χ0n) is 17.3. The van der Waals surface area contributed by atoms with Crippen molar-refractivity contribution < 1.29 is 0 Å². The number of nitrogens with one attached hydrogen (secondary N) is 2. The summed E-state index contributed by atoms with van der Waals surface area (Å²) in [6.45, 7) is 15.1. The largest absolute Gasteiger partial charge is 0.357 e. The molecule has 1 aromatic carbocycles. The maximum atomic E-state index is 4.72. The van der Waals surface area contributed by atoms with Crippen LogP contribution in [0.3, 0.4) is 0 Å². The van der Waals surface area contributed by atoms with E-state index < -0.39 is 0 Å². The monoisotopic (exact) mass is 355 g/mol. The van der Waals surface area contributed by atoms with Gasteiger partial charge in [0.25, 0.3) is 0 Å². The quantitative estimate of drug-likeness (QED) is 0.636. The third-order valence-corrected chi connectivity index (χ3v) is 4.68. The van der Waals surface area contributed by atoms with Crippen LogP contribution < -0.4 is 10.6 Å². The number of hydrogen-bond donors (Lipinski definition) is 2. The zero-order chi connectivity index (χ0) is 19.3. The average Bonchev–Trinajstić information content (AvgIpc) is 2.82. The van der Waals surface area contributed by atoms with Crippen molar-refractivity contribution in [2.75, 3.05) is 6.54 Å². The van der Waals surface area contributed by atoms with Crippen LogP contribution in [0.1, 0.15) is 55.8 Å². The van der Waals surface area contributed by atoms with Crippen LogP contribution in [0.5, 0.6) is 0 Å². The maximum absolute atomic E-state index is 4.72. The van der Waals surface area contributed by atoms with Gasteiger partial charge in [-0.05, 0) is 37.3 Å². The fraction of sp³-hybridized carbons (Fsp3) is 0.524. The van der Waals surface area contributed by atoms with E-state index in [-0.39, 0.29) is 5.41 Å². The molecule has 0 fully saturated rings. The zero-order valence-corrected chi connectivity index (χ0v) is 17.3. The number of hydrogen-bond acceptors (Lipinski definition) is 2. The standard InChI is InChI=1S/C21H33N5/c1-8-22-20(24-14-19-15(2)25-26(7)16(19)3)23-13-17-9-11-18(12-10-17)21(4,5)6/h9-12H,8,13-14H2,1-7H3,(H2,22,23,24). The summed E-state index contributed by atoms with van der Waals surface area (Å²) in [5.74, 6) is 0.829. The molecule has 142 valence electrons. The van der Waals surface area contributed by atoms with Gasteiger partial charge < -0.3 is 10.6 Å². The van der Waals surface area contributed by atoms with Gasteiger partial charge in [-0.25, -0.2) is 4.99 Å². The van der Waals surface area contributed by atoms with Crippen LogP contribution in [0.15, 0.2) is 29.3 Å². The highest BCUT2D eigenvalue weighted by Gasteiger charge is 2.13. The van der Waals surface area contributed by atoms with Crippen molar-refractivity contribution in [1.29, 1.82) is 0 Å². The molecule has 2 aromatic rings. The molecule has 0 amide bonds. The Hall–Kier alpha value is -2.30. The molecule has 0 atom stereocenters. The summed E-state index contributed by atoms with van der Waals surface area (Å²) in [6, 6.07) is 8.74. The molecule has 0 aliphatic rings. The second kappa shape index (κ2) is 8.39. The number of aromatic nitrogens is 2. The lowest BCUT2D eigenvalue weighted by Gasteiger charge is -2.19. The van der Waals surface area contributed by atoms with Crippen molar-refractivity contribution in [3.05, 3.63) is 52.3 Å². The first-order valence-electron chi connectivity index (χ1n) is 9.33. The number of benzene rings is 1. The maximum Gasteiger partial charge on any atom is 0.191 e. The lowest BCUT2D eigenvalue weighted by molar-refractivity contribution is 0.590. The van der Waals surface area contributed by atoms with E-state index in [0.717, 1.165) is 24.7 Å². The summed E-state index contributed by atoms with van der Waals surface area (Å²) in [7, 11) is 1.98. The van der Waals surface area contributed by atoms with Gasteiger partial charge in [0.15, 0.2) is 5.96 Å². The first kappa shape index (κ1) is 20.0. The second-order valence-corrected chi connectivity index (χ2v) is 7.77. The van der Waals surface area contributed by atoms with Crippen molar-refractivity contribution in [3.63, 3.8) is 0 Å². The number of guanidine groups is 1. The molecule has 5 heteroatoms. The Labute approximate surface area is 157 Å². The number of aryl methyl sites for hydroxylation is 2. The third kappa shape index (κ3) is 5.10. The molecule has 0 saturated heterocycles. The van der Waals surface area contributed by atoms with E-state index in [2.05, 4.69) is 74.6 Å². The minimum absolute atomic E-state index is 0.178. The Balaban J connectivity index is 2.04. The summed E-state index contributed by atoms with van der Waals surface area (Å²) in [4.78, 5) is 4.72. The molecule has 0 aliphatic heterocycles. The van der Waals surface area contributed by atoms with Gasteiger partial charge in [0.2, 0.25) is 0 Å². The Kier molecular flexibility index (Phi) is 6.46. The Morgan fingerprint density at radius 1 is 1.12 bits per heavy atom. The third-order valence-electron chi connectivity index (χ3n) is 4.68. The smallest absolute Gasteiger partial charge is 0.191 e. The van der Waals surface area contributed by atoms with Gasteiger partial charge in [0, 0.05) is 31.4 Å². The Bertz CT molecular complexity index is 748. The van der Waals surface area contributed by atoms with Gasteiger partial charge in [0.05, 0.1) is 12.2 Å². The molecule has 0 radical (unpaired) electrons. The van der Waals surface area contributed by atoms with Crippen molar-refractivity contribution in [2.45, 2.75) is 60.0 Å². The second-order valence-electron chi connectivity index (χ2n) is 7.77. The van der Waals surface area contributed by atoms with Gasteiger partial charge in [0.1, 0.15) is 0 Å². The lowest BCUT2D eigenvalue weighted by Crippen LogP contribution is -2.37. The molecule has 26 heavy (non-hydrogen) atoms. The minimum atomic E-state index is 0.178. The van der Waals surface area contributed by atoms with E-state index in [1.54, 1.807) is 0 Å². The van der Waals surface area contributed by atoms with Crippen LogP contribution in [0.4, 0.5) is 0 Å². The number of rotatable bonds is 5. The molecule has 1 heterocycles. The first-order chi connectivity index (χ1) is 12.2. The predicted octanol–water partition coefficient (Wildman–Crippen LogP) is 3.59. The summed E-state index contributed by atoms with van der Waals surface area (Å²) < 4.78 is 1.92. The van der Waals surface area contributed by atoms with Crippen molar-refractivity contribution in [1.82, 2.24) is 20.4 Å². The topological polar surface area (TPSA) is 54.2 Å². The summed E-state index contributed by atoms with van der Waals surface area (Å²) in [5.41, 5.74) is 6.21. The fourth-order valence-corrected chi connectivity index (χ4v) is 2.87. The van der Waals surface area contributed by atoms with Crippen molar-refractivity contribution in [2.24, 2.45) is 12.0 Å². The molecule has 0 aliphatic carbocycles. The molecule has 0 saturated carbocycles.